The van der Waals surface area contributed by atoms with Crippen molar-refractivity contribution in [2.75, 3.05) is 0 Å². The molecular formula is C12H14BrIO2. The SMILES string of the molecule is CC(C)(C)OC(=O)c1ccc(CBr)c(I)c1. The summed E-state index contributed by atoms with van der Waals surface area (Å²) >= 11 is 5.62. The highest BCUT2D eigenvalue weighted by Crippen LogP contribution is 2.19. The normalized spacial score (nSPS) is 11.3. The zero-order chi connectivity index (χ0) is 12.3. The highest BCUT2D eigenvalue weighted by atomic mass is 127. The average Bonchev–Trinajstić information content (AvgIpc) is 2.15. The maximum absolute atomic E-state index is 11.8. The maximum atomic E-state index is 11.8. The van der Waals surface area contributed by atoms with Gasteiger partial charge < -0.3 is 4.74 Å². The molecule has 0 unspecified atom stereocenters. The molecular weight excluding hydrogens is 383 g/mol. The van der Waals surface area contributed by atoms with Crippen LogP contribution in [0.4, 0.5) is 0 Å². The molecule has 0 N–H and O–H groups in total. The molecule has 2 nitrogen and oxygen atoms in total. The molecule has 88 valence electrons. The van der Waals surface area contributed by atoms with Crippen molar-refractivity contribution in [2.24, 2.45) is 0 Å². The number of esters is 1. The molecule has 0 amide bonds. The van der Waals surface area contributed by atoms with Crippen LogP contribution < -0.4 is 0 Å². The van der Waals surface area contributed by atoms with Crippen molar-refractivity contribution in [3.63, 3.8) is 0 Å². The molecule has 0 aliphatic rings. The number of carbonyl (C=O) groups is 1. The average molecular weight is 397 g/mol. The second kappa shape index (κ2) is 5.49. The molecule has 0 aliphatic heterocycles. The number of rotatable bonds is 2. The van der Waals surface area contributed by atoms with Crippen molar-refractivity contribution >= 4 is 44.5 Å². The first-order chi connectivity index (χ1) is 7.33. The van der Waals surface area contributed by atoms with Crippen LogP contribution in [0.1, 0.15) is 36.7 Å². The highest BCUT2D eigenvalue weighted by molar-refractivity contribution is 14.1. The molecule has 0 fully saturated rings. The van der Waals surface area contributed by atoms with Gasteiger partial charge in [-0.25, -0.2) is 4.79 Å². The first-order valence-corrected chi connectivity index (χ1v) is 7.11. The Balaban J connectivity index is 2.89. The molecule has 16 heavy (non-hydrogen) atoms. The van der Waals surface area contributed by atoms with Gasteiger partial charge in [-0.15, -0.1) is 0 Å². The summed E-state index contributed by atoms with van der Waals surface area (Å²) in [6.07, 6.45) is 0. The predicted octanol–water partition coefficient (Wildman–Crippen LogP) is 4.14. The Kier molecular flexibility index (Phi) is 4.79. The largest absolute Gasteiger partial charge is 0.456 e. The Morgan fingerprint density at radius 3 is 2.50 bits per heavy atom. The Labute approximate surface area is 118 Å². The Morgan fingerprint density at radius 1 is 1.44 bits per heavy atom. The summed E-state index contributed by atoms with van der Waals surface area (Å²) < 4.78 is 6.37. The van der Waals surface area contributed by atoms with Crippen LogP contribution in [0.5, 0.6) is 0 Å². The third-order valence-corrected chi connectivity index (χ3v) is 3.44. The number of ether oxygens (including phenoxy) is 1. The van der Waals surface area contributed by atoms with Gasteiger partial charge in [0, 0.05) is 8.90 Å². The van der Waals surface area contributed by atoms with E-state index in [0.717, 1.165) is 8.90 Å². The summed E-state index contributed by atoms with van der Waals surface area (Å²) in [5.41, 5.74) is 1.33. The van der Waals surface area contributed by atoms with Crippen LogP contribution in [-0.2, 0) is 10.1 Å². The molecule has 1 aromatic carbocycles. The van der Waals surface area contributed by atoms with Crippen molar-refractivity contribution in [1.82, 2.24) is 0 Å². The van der Waals surface area contributed by atoms with E-state index in [-0.39, 0.29) is 5.97 Å². The van der Waals surface area contributed by atoms with Crippen molar-refractivity contribution in [3.8, 4) is 0 Å². The Morgan fingerprint density at radius 2 is 2.06 bits per heavy atom. The predicted molar refractivity (Wildman–Crippen MR) is 77.0 cm³/mol. The number of hydrogen-bond acceptors (Lipinski definition) is 2. The van der Waals surface area contributed by atoms with Crippen molar-refractivity contribution in [1.29, 1.82) is 0 Å². The maximum Gasteiger partial charge on any atom is 0.338 e. The standard InChI is InChI=1S/C12H14BrIO2/c1-12(2,3)16-11(15)8-4-5-9(7-13)10(14)6-8/h4-6H,7H2,1-3H3. The highest BCUT2D eigenvalue weighted by Gasteiger charge is 2.18. The Bertz CT molecular complexity index is 396. The summed E-state index contributed by atoms with van der Waals surface area (Å²) in [7, 11) is 0. The fourth-order valence-corrected chi connectivity index (χ4v) is 2.84. The minimum atomic E-state index is -0.448. The molecule has 0 radical (unpaired) electrons. The first kappa shape index (κ1) is 14.0. The lowest BCUT2D eigenvalue weighted by atomic mass is 10.1. The van der Waals surface area contributed by atoms with E-state index in [4.69, 9.17) is 4.74 Å². The number of benzene rings is 1. The molecule has 0 aliphatic carbocycles. The lowest BCUT2D eigenvalue weighted by Crippen LogP contribution is -2.23. The Hall–Kier alpha value is -0.100. The molecule has 1 rings (SSSR count). The van der Waals surface area contributed by atoms with Gasteiger partial charge in [0.15, 0.2) is 0 Å². The van der Waals surface area contributed by atoms with E-state index in [0.29, 0.717) is 5.56 Å². The number of halogens is 2. The van der Waals surface area contributed by atoms with Crippen LogP contribution in [0, 0.1) is 3.57 Å². The van der Waals surface area contributed by atoms with Crippen LogP contribution in [0.3, 0.4) is 0 Å². The van der Waals surface area contributed by atoms with Crippen LogP contribution in [-0.4, -0.2) is 11.6 Å². The number of hydrogen-bond donors (Lipinski definition) is 0. The van der Waals surface area contributed by atoms with E-state index in [9.17, 15) is 4.79 Å². The third-order valence-electron chi connectivity index (χ3n) is 1.83. The molecule has 0 bridgehead atoms. The van der Waals surface area contributed by atoms with Crippen molar-refractivity contribution in [2.45, 2.75) is 31.7 Å². The smallest absolute Gasteiger partial charge is 0.338 e. The van der Waals surface area contributed by atoms with Gasteiger partial charge in [0.25, 0.3) is 0 Å². The fourth-order valence-electron chi connectivity index (χ4n) is 1.12. The topological polar surface area (TPSA) is 26.3 Å². The van der Waals surface area contributed by atoms with Gasteiger partial charge in [-0.2, -0.15) is 0 Å². The van der Waals surface area contributed by atoms with Crippen LogP contribution in [0.15, 0.2) is 18.2 Å². The van der Waals surface area contributed by atoms with Crippen LogP contribution in [0.25, 0.3) is 0 Å². The molecule has 1 aromatic rings. The third kappa shape index (κ3) is 4.05. The minimum absolute atomic E-state index is 0.272. The molecule has 0 heterocycles. The molecule has 0 atom stereocenters. The summed E-state index contributed by atoms with van der Waals surface area (Å²) in [6, 6.07) is 5.59. The zero-order valence-corrected chi connectivity index (χ0v) is 13.3. The number of carbonyl (C=O) groups excluding carboxylic acids is 1. The molecule has 0 aromatic heterocycles. The van der Waals surface area contributed by atoms with E-state index in [1.807, 2.05) is 32.9 Å². The monoisotopic (exact) mass is 396 g/mol. The molecule has 0 spiro atoms. The van der Waals surface area contributed by atoms with Gasteiger partial charge in [0.05, 0.1) is 5.56 Å². The second-order valence-electron chi connectivity index (χ2n) is 4.44. The van der Waals surface area contributed by atoms with Gasteiger partial charge >= 0.3 is 5.97 Å². The first-order valence-electron chi connectivity index (χ1n) is 4.91. The van der Waals surface area contributed by atoms with E-state index in [2.05, 4.69) is 38.5 Å². The van der Waals surface area contributed by atoms with Crippen molar-refractivity contribution in [3.05, 3.63) is 32.9 Å². The molecule has 0 saturated carbocycles. The van der Waals surface area contributed by atoms with Gasteiger partial charge in [0.2, 0.25) is 0 Å². The second-order valence-corrected chi connectivity index (χ2v) is 6.16. The number of alkyl halides is 1. The molecule has 4 heteroatoms. The van der Waals surface area contributed by atoms with Crippen LogP contribution >= 0.6 is 38.5 Å². The van der Waals surface area contributed by atoms with Crippen LogP contribution in [0.2, 0.25) is 0 Å². The van der Waals surface area contributed by atoms with Gasteiger partial charge in [-0.3, -0.25) is 0 Å². The summed E-state index contributed by atoms with van der Waals surface area (Å²) in [5.74, 6) is -0.272. The van der Waals surface area contributed by atoms with Gasteiger partial charge in [0.1, 0.15) is 5.60 Å². The lowest BCUT2D eigenvalue weighted by Gasteiger charge is -2.19. The van der Waals surface area contributed by atoms with E-state index >= 15 is 0 Å². The molecule has 0 saturated heterocycles. The lowest BCUT2D eigenvalue weighted by molar-refractivity contribution is 0.00695. The zero-order valence-electron chi connectivity index (χ0n) is 9.51. The van der Waals surface area contributed by atoms with Crippen molar-refractivity contribution < 1.29 is 9.53 Å². The van der Waals surface area contributed by atoms with E-state index in [1.165, 1.54) is 5.56 Å². The van der Waals surface area contributed by atoms with E-state index in [1.54, 1.807) is 6.07 Å². The summed E-state index contributed by atoms with van der Waals surface area (Å²) in [4.78, 5) is 11.8. The van der Waals surface area contributed by atoms with E-state index < -0.39 is 5.60 Å². The van der Waals surface area contributed by atoms with Gasteiger partial charge in [-0.05, 0) is 61.1 Å². The van der Waals surface area contributed by atoms with Gasteiger partial charge in [-0.1, -0.05) is 22.0 Å². The quantitative estimate of drug-likeness (QED) is 0.426. The summed E-state index contributed by atoms with van der Waals surface area (Å²) in [5, 5.41) is 0.792. The minimum Gasteiger partial charge on any atom is -0.456 e. The summed E-state index contributed by atoms with van der Waals surface area (Å²) in [6.45, 7) is 5.59. The fraction of sp³-hybridized carbons (Fsp3) is 0.417.